The summed E-state index contributed by atoms with van der Waals surface area (Å²) in [4.78, 5) is 17.2. The summed E-state index contributed by atoms with van der Waals surface area (Å²) >= 11 is 1.65. The van der Waals surface area contributed by atoms with Gasteiger partial charge in [0, 0.05) is 41.5 Å². The van der Waals surface area contributed by atoms with Crippen molar-refractivity contribution in [2.24, 2.45) is 0 Å². The summed E-state index contributed by atoms with van der Waals surface area (Å²) in [5.74, 6) is -1.01. The SMILES string of the molecule is O=C(O)c1c2c(nn1CC(O)CNCc1cccs1)-c1ccncc1CC2.[H-].[Li+]. The Labute approximate surface area is 180 Å². The van der Waals surface area contributed by atoms with Gasteiger partial charge in [0.1, 0.15) is 5.69 Å². The summed E-state index contributed by atoms with van der Waals surface area (Å²) in [5, 5.41) is 29.8. The summed E-state index contributed by atoms with van der Waals surface area (Å²) in [6, 6.07) is 5.88. The van der Waals surface area contributed by atoms with Gasteiger partial charge in [-0.2, -0.15) is 5.10 Å². The number of aliphatic hydroxyl groups is 1. The van der Waals surface area contributed by atoms with E-state index in [-0.39, 0.29) is 32.5 Å². The van der Waals surface area contributed by atoms with Crippen LogP contribution in [-0.2, 0) is 25.9 Å². The van der Waals surface area contributed by atoms with Crippen molar-refractivity contribution in [2.75, 3.05) is 6.54 Å². The first-order valence-electron chi connectivity index (χ1n) is 8.81. The summed E-state index contributed by atoms with van der Waals surface area (Å²) < 4.78 is 1.43. The molecular weight excluding hydrogens is 371 g/mol. The zero-order valence-corrected chi connectivity index (χ0v) is 16.4. The van der Waals surface area contributed by atoms with Crippen LogP contribution in [0.15, 0.2) is 36.0 Å². The molecule has 3 aromatic heterocycles. The van der Waals surface area contributed by atoms with Crippen molar-refractivity contribution in [1.29, 1.82) is 0 Å². The molecule has 0 bridgehead atoms. The maximum absolute atomic E-state index is 11.8. The smallest absolute Gasteiger partial charge is 1.00 e. The van der Waals surface area contributed by atoms with Gasteiger partial charge >= 0.3 is 24.8 Å². The topological polar surface area (TPSA) is 100 Å². The molecule has 0 saturated carbocycles. The van der Waals surface area contributed by atoms with Gasteiger partial charge in [0.05, 0.1) is 18.3 Å². The first kappa shape index (κ1) is 20.8. The third-order valence-electron chi connectivity index (χ3n) is 4.70. The van der Waals surface area contributed by atoms with Crippen LogP contribution in [0.4, 0.5) is 0 Å². The van der Waals surface area contributed by atoms with Gasteiger partial charge in [-0.3, -0.25) is 9.67 Å². The second kappa shape index (κ2) is 9.03. The van der Waals surface area contributed by atoms with Crippen LogP contribution in [0.25, 0.3) is 11.3 Å². The van der Waals surface area contributed by atoms with E-state index in [2.05, 4.69) is 15.4 Å². The minimum Gasteiger partial charge on any atom is -1.00 e. The number of carbonyl (C=O) groups is 1. The molecule has 4 rings (SSSR count). The van der Waals surface area contributed by atoms with Crippen LogP contribution in [0.2, 0.25) is 0 Å². The predicted octanol–water partition coefficient (Wildman–Crippen LogP) is -0.929. The summed E-state index contributed by atoms with van der Waals surface area (Å²) in [5.41, 5.74) is 3.60. The van der Waals surface area contributed by atoms with E-state index >= 15 is 0 Å². The van der Waals surface area contributed by atoms with Crippen LogP contribution in [0.5, 0.6) is 0 Å². The van der Waals surface area contributed by atoms with Crippen molar-refractivity contribution in [3.63, 3.8) is 0 Å². The van der Waals surface area contributed by atoms with E-state index in [4.69, 9.17) is 0 Å². The van der Waals surface area contributed by atoms with Crippen molar-refractivity contribution in [3.05, 3.63) is 57.7 Å². The van der Waals surface area contributed by atoms with Gasteiger partial charge in [0.25, 0.3) is 0 Å². The summed E-state index contributed by atoms with van der Waals surface area (Å²) in [7, 11) is 0. The van der Waals surface area contributed by atoms with Gasteiger partial charge in [0.2, 0.25) is 0 Å². The molecule has 142 valence electrons. The molecule has 3 heterocycles. The third-order valence-corrected chi connectivity index (χ3v) is 5.58. The maximum atomic E-state index is 11.8. The summed E-state index contributed by atoms with van der Waals surface area (Å²) in [6.45, 7) is 1.17. The molecule has 0 spiro atoms. The Morgan fingerprint density at radius 1 is 1.39 bits per heavy atom. The van der Waals surface area contributed by atoms with Crippen molar-refractivity contribution < 1.29 is 35.3 Å². The van der Waals surface area contributed by atoms with Crippen LogP contribution in [0.1, 0.15) is 27.9 Å². The Hall–Kier alpha value is -1.95. The van der Waals surface area contributed by atoms with E-state index in [0.717, 1.165) is 23.1 Å². The van der Waals surface area contributed by atoms with Crippen LogP contribution < -0.4 is 24.2 Å². The second-order valence-corrected chi connectivity index (χ2v) is 7.59. The minimum atomic E-state index is -1.01. The molecular formula is C19H21LiN4O3S. The fourth-order valence-corrected chi connectivity index (χ4v) is 4.15. The largest absolute Gasteiger partial charge is 1.00 e. The van der Waals surface area contributed by atoms with Gasteiger partial charge in [-0.25, -0.2) is 4.79 Å². The molecule has 0 aliphatic heterocycles. The fraction of sp³-hybridized carbons (Fsp3) is 0.316. The van der Waals surface area contributed by atoms with E-state index < -0.39 is 12.1 Å². The van der Waals surface area contributed by atoms with Gasteiger partial charge in [-0.05, 0) is 35.9 Å². The van der Waals surface area contributed by atoms with Gasteiger partial charge in [-0.1, -0.05) is 6.07 Å². The Morgan fingerprint density at radius 2 is 2.25 bits per heavy atom. The van der Waals surface area contributed by atoms with Crippen molar-refractivity contribution in [1.82, 2.24) is 20.1 Å². The Morgan fingerprint density at radius 3 is 3.00 bits per heavy atom. The monoisotopic (exact) mass is 392 g/mol. The number of aromatic nitrogens is 3. The zero-order chi connectivity index (χ0) is 18.8. The summed E-state index contributed by atoms with van der Waals surface area (Å²) in [6.07, 6.45) is 4.12. The first-order valence-corrected chi connectivity index (χ1v) is 9.69. The van der Waals surface area contributed by atoms with E-state index in [1.807, 2.05) is 23.6 Å². The average molecular weight is 392 g/mol. The molecule has 9 heteroatoms. The normalized spacial score (nSPS) is 13.3. The van der Waals surface area contributed by atoms with Crippen molar-refractivity contribution in [3.8, 4) is 11.3 Å². The Bertz CT molecular complexity index is 965. The molecule has 7 nitrogen and oxygen atoms in total. The molecule has 0 radical (unpaired) electrons. The molecule has 0 fully saturated rings. The van der Waals surface area contributed by atoms with Gasteiger partial charge < -0.3 is 17.0 Å². The number of aryl methyl sites for hydroxylation is 1. The molecule has 0 amide bonds. The molecule has 3 aromatic rings. The third kappa shape index (κ3) is 4.22. The van der Waals surface area contributed by atoms with E-state index in [1.54, 1.807) is 23.7 Å². The molecule has 0 saturated heterocycles. The molecule has 1 unspecified atom stereocenters. The van der Waals surface area contributed by atoms with Gasteiger partial charge in [-0.15, -0.1) is 11.3 Å². The molecule has 1 aliphatic rings. The molecule has 1 aliphatic carbocycles. The standard InChI is InChI=1S/C19H20N4O3S.Li.H/c24-13(9-21-10-14-2-1-7-27-14)11-23-18(19(25)26)16-4-3-12-8-20-6-5-15(12)17(16)22-23;;/h1-2,5-8,13,21,24H,3-4,9-11H2,(H,25,26);;/q;+1;-1. The number of fused-ring (bicyclic) bond motifs is 3. The van der Waals surface area contributed by atoms with Crippen LogP contribution >= 0.6 is 11.3 Å². The van der Waals surface area contributed by atoms with Gasteiger partial charge in [0.15, 0.2) is 0 Å². The number of aliphatic hydroxyl groups excluding tert-OH is 1. The molecule has 1 atom stereocenters. The predicted molar refractivity (Wildman–Crippen MR) is 103 cm³/mol. The number of nitrogens with zero attached hydrogens (tertiary/aromatic N) is 3. The van der Waals surface area contributed by atoms with Crippen LogP contribution in [0, 0.1) is 0 Å². The number of hydrogen-bond acceptors (Lipinski definition) is 6. The quantitative estimate of drug-likeness (QED) is 0.450. The first-order chi connectivity index (χ1) is 13.1. The van der Waals surface area contributed by atoms with E-state index in [0.29, 0.717) is 25.2 Å². The zero-order valence-electron chi connectivity index (χ0n) is 16.6. The number of carboxylic acid groups (broad SMARTS) is 1. The Kier molecular flexibility index (Phi) is 6.70. The van der Waals surface area contributed by atoms with Crippen molar-refractivity contribution >= 4 is 17.3 Å². The number of aromatic carboxylic acids is 1. The number of pyridine rings is 1. The number of thiophene rings is 1. The molecule has 28 heavy (non-hydrogen) atoms. The fourth-order valence-electron chi connectivity index (χ4n) is 3.48. The number of hydrogen-bond donors (Lipinski definition) is 3. The van der Waals surface area contributed by atoms with E-state index in [1.165, 1.54) is 9.56 Å². The number of carboxylic acids is 1. The number of rotatable bonds is 7. The van der Waals surface area contributed by atoms with E-state index in [9.17, 15) is 15.0 Å². The Balaban J connectivity index is 0.00000150. The average Bonchev–Trinajstić information content (AvgIpc) is 3.29. The second-order valence-electron chi connectivity index (χ2n) is 6.56. The number of nitrogens with one attached hydrogen (secondary N) is 1. The maximum Gasteiger partial charge on any atom is 1.00 e. The van der Waals surface area contributed by atoms with Crippen LogP contribution in [-0.4, -0.2) is 43.6 Å². The molecule has 0 aromatic carbocycles. The van der Waals surface area contributed by atoms with Crippen LogP contribution in [0.3, 0.4) is 0 Å². The van der Waals surface area contributed by atoms with Crippen molar-refractivity contribution in [2.45, 2.75) is 32.0 Å². The minimum absolute atomic E-state index is 0. The molecule has 3 N–H and O–H groups in total.